The Morgan fingerprint density at radius 2 is 1.84 bits per heavy atom. The van der Waals surface area contributed by atoms with Crippen LogP contribution in [0.3, 0.4) is 0 Å². The number of hydrogen-bond donors (Lipinski definition) is 4. The highest BCUT2D eigenvalue weighted by Crippen LogP contribution is 2.55. The van der Waals surface area contributed by atoms with Gasteiger partial charge in [-0.1, -0.05) is 35.7 Å². The first-order valence-electron chi connectivity index (χ1n) is 19.6. The van der Waals surface area contributed by atoms with Crippen LogP contribution < -0.4 is 19.7 Å². The number of rotatable bonds is 16. The van der Waals surface area contributed by atoms with Gasteiger partial charge in [0.05, 0.1) is 31.6 Å². The molecule has 4 N–H and O–H groups in total. The molecule has 1 saturated carbocycles. The van der Waals surface area contributed by atoms with E-state index in [1.165, 1.54) is 56.0 Å². The van der Waals surface area contributed by atoms with Gasteiger partial charge in [-0.15, -0.1) is 0 Å². The number of aromatic amines is 2. The third-order valence-electron chi connectivity index (χ3n) is 11.4. The Kier molecular flexibility index (Phi) is 12.2. The van der Waals surface area contributed by atoms with E-state index in [0.717, 1.165) is 65.2 Å². The van der Waals surface area contributed by atoms with Crippen LogP contribution in [0, 0.1) is 5.41 Å². The van der Waals surface area contributed by atoms with Crippen molar-refractivity contribution in [1.82, 2.24) is 24.6 Å². The fourth-order valence-electron chi connectivity index (χ4n) is 8.10. The lowest BCUT2D eigenvalue weighted by Gasteiger charge is -2.47. The van der Waals surface area contributed by atoms with E-state index < -0.39 is 0 Å². The second-order valence-corrected chi connectivity index (χ2v) is 16.4. The second kappa shape index (κ2) is 17.8. The summed E-state index contributed by atoms with van der Waals surface area (Å²) in [6.07, 6.45) is 13.1. The fraction of sp³-hybridized carbons (Fsp3) is 0.395. The molecule has 0 atom stereocenters. The number of anilines is 2. The summed E-state index contributed by atoms with van der Waals surface area (Å²) in [5.74, 6) is 1.64. The number of carbonyl (C=O) groups excluding carboxylic acids is 1. The van der Waals surface area contributed by atoms with Crippen molar-refractivity contribution in [3.05, 3.63) is 101 Å². The first kappa shape index (κ1) is 38.4. The average molecular weight is 796 g/mol. The molecule has 3 aliphatic rings. The molecule has 56 heavy (non-hydrogen) atoms. The number of halogens is 1. The Labute approximate surface area is 337 Å². The van der Waals surface area contributed by atoms with Gasteiger partial charge in [-0.05, 0) is 103 Å². The van der Waals surface area contributed by atoms with Crippen molar-refractivity contribution in [2.24, 2.45) is 5.41 Å². The number of hydrogen-bond acceptors (Lipinski definition) is 9. The van der Waals surface area contributed by atoms with Crippen LogP contribution in [0.15, 0.2) is 89.7 Å². The van der Waals surface area contributed by atoms with Gasteiger partial charge in [0.15, 0.2) is 0 Å². The summed E-state index contributed by atoms with van der Waals surface area (Å²) in [4.78, 5) is 30.4. The minimum atomic E-state index is -0.250. The molecule has 0 radical (unpaired) electrons. The number of nitrogens with one attached hydrogen (secondary N) is 4. The van der Waals surface area contributed by atoms with E-state index in [9.17, 15) is 4.79 Å². The normalized spacial score (nSPS) is 17.0. The minimum Gasteiger partial charge on any atom is -0.455 e. The van der Waals surface area contributed by atoms with Crippen molar-refractivity contribution in [3.63, 3.8) is 0 Å². The van der Waals surface area contributed by atoms with Gasteiger partial charge in [0, 0.05) is 85.8 Å². The van der Waals surface area contributed by atoms with E-state index in [4.69, 9.17) is 25.8 Å². The molecule has 2 aliphatic carbocycles. The molecule has 2 fully saturated rings. The molecule has 2 aromatic carbocycles. The Balaban J connectivity index is 0.934. The summed E-state index contributed by atoms with van der Waals surface area (Å²) < 4.78 is 20.0. The number of pyridine rings is 1. The molecule has 5 aromatic rings. The summed E-state index contributed by atoms with van der Waals surface area (Å²) >= 11 is 7.53. The van der Waals surface area contributed by atoms with Gasteiger partial charge >= 0.3 is 0 Å². The SMILES string of the molecule is COCCOCCNc1cc(SNC(=O)c2ccc(N3CCN(CC4=C(c5ccc(Cl)cc5)CC5(CCC5)CC4)CC3)cc2Oc2cnc3[nH]ccc3c2)c[nH]1. The summed E-state index contributed by atoms with van der Waals surface area (Å²) in [7, 11) is 1.66. The Hall–Kier alpha value is -4.46. The summed E-state index contributed by atoms with van der Waals surface area (Å²) in [5, 5.41) is 5.02. The Bertz CT molecular complexity index is 2140. The molecule has 4 heterocycles. The maximum atomic E-state index is 13.7. The van der Waals surface area contributed by atoms with Crippen LogP contribution in [0.25, 0.3) is 16.6 Å². The van der Waals surface area contributed by atoms with Gasteiger partial charge in [-0.25, -0.2) is 4.98 Å². The van der Waals surface area contributed by atoms with Gasteiger partial charge in [0.2, 0.25) is 0 Å². The number of H-pyrrole nitrogens is 2. The summed E-state index contributed by atoms with van der Waals surface area (Å²) in [6, 6.07) is 20.2. The number of ether oxygens (including phenoxy) is 3. The van der Waals surface area contributed by atoms with Gasteiger partial charge < -0.3 is 34.4 Å². The Morgan fingerprint density at radius 1 is 0.982 bits per heavy atom. The zero-order valence-electron chi connectivity index (χ0n) is 31.9. The molecule has 1 saturated heterocycles. The number of piperazine rings is 1. The maximum Gasteiger partial charge on any atom is 0.265 e. The maximum absolute atomic E-state index is 13.7. The third kappa shape index (κ3) is 9.22. The average Bonchev–Trinajstić information content (AvgIpc) is 3.88. The highest BCUT2D eigenvalue weighted by molar-refractivity contribution is 7.98. The van der Waals surface area contributed by atoms with Gasteiger partial charge in [-0.3, -0.25) is 14.4 Å². The van der Waals surface area contributed by atoms with Crippen LogP contribution in [-0.4, -0.2) is 92.0 Å². The van der Waals surface area contributed by atoms with Crippen LogP contribution in [0.1, 0.15) is 54.4 Å². The van der Waals surface area contributed by atoms with Crippen molar-refractivity contribution in [2.45, 2.75) is 43.4 Å². The van der Waals surface area contributed by atoms with Crippen molar-refractivity contribution >= 4 is 57.6 Å². The molecule has 0 bridgehead atoms. The molecule has 294 valence electrons. The van der Waals surface area contributed by atoms with E-state index in [1.807, 2.05) is 60.9 Å². The van der Waals surface area contributed by atoms with E-state index in [1.54, 1.807) is 24.5 Å². The van der Waals surface area contributed by atoms with E-state index in [-0.39, 0.29) is 5.91 Å². The van der Waals surface area contributed by atoms with Crippen molar-refractivity contribution in [3.8, 4) is 11.5 Å². The highest BCUT2D eigenvalue weighted by Gasteiger charge is 2.41. The molecule has 1 aliphatic heterocycles. The van der Waals surface area contributed by atoms with Gasteiger partial charge in [0.25, 0.3) is 5.91 Å². The number of methoxy groups -OCH3 is 1. The summed E-state index contributed by atoms with van der Waals surface area (Å²) in [5.41, 5.74) is 7.22. The fourth-order valence-corrected chi connectivity index (χ4v) is 8.85. The standard InChI is InChI=1S/C43H50ClN7O4S/c1-53-21-22-54-20-15-45-40-25-36(28-47-40)56-49-42(52)37-8-7-34(24-39(37)55-35-23-31-10-14-46-41(31)48-27-35)51-18-16-50(17-19-51)29-32-9-13-43(11-2-12-43)26-38(32)30-3-5-33(44)6-4-30/h3-8,10,14,23-25,27-28,45,47H,2,9,11-13,15-22,26,29H2,1H3,(H,46,48)(H,49,52). The number of nitrogens with zero attached hydrogens (tertiary/aromatic N) is 3. The number of fused-ring (bicyclic) bond motifs is 1. The van der Waals surface area contributed by atoms with Crippen LogP contribution in [0.5, 0.6) is 11.5 Å². The summed E-state index contributed by atoms with van der Waals surface area (Å²) in [6.45, 7) is 7.03. The molecule has 13 heteroatoms. The lowest BCUT2D eigenvalue weighted by molar-refractivity contribution is 0.0759. The van der Waals surface area contributed by atoms with Crippen molar-refractivity contribution in [1.29, 1.82) is 0 Å². The number of allylic oxidation sites excluding steroid dienone is 1. The van der Waals surface area contributed by atoms with E-state index >= 15 is 0 Å². The van der Waals surface area contributed by atoms with Crippen LogP contribution >= 0.6 is 23.5 Å². The van der Waals surface area contributed by atoms with E-state index in [2.05, 4.69) is 46.9 Å². The highest BCUT2D eigenvalue weighted by atomic mass is 35.5. The molecular formula is C43H50ClN7O4S. The van der Waals surface area contributed by atoms with Crippen LogP contribution in [0.4, 0.5) is 11.5 Å². The van der Waals surface area contributed by atoms with Crippen molar-refractivity contribution in [2.75, 3.05) is 76.4 Å². The quantitative estimate of drug-likeness (QED) is 0.0574. The lowest BCUT2D eigenvalue weighted by Crippen LogP contribution is -2.47. The second-order valence-electron chi connectivity index (χ2n) is 15.1. The predicted molar refractivity (Wildman–Crippen MR) is 225 cm³/mol. The lowest BCUT2D eigenvalue weighted by atomic mass is 9.59. The monoisotopic (exact) mass is 795 g/mol. The van der Waals surface area contributed by atoms with Crippen LogP contribution in [0.2, 0.25) is 5.02 Å². The number of aromatic nitrogens is 3. The zero-order chi connectivity index (χ0) is 38.3. The number of benzene rings is 2. The van der Waals surface area contributed by atoms with Crippen molar-refractivity contribution < 1.29 is 19.0 Å². The zero-order valence-corrected chi connectivity index (χ0v) is 33.4. The van der Waals surface area contributed by atoms with E-state index in [0.29, 0.717) is 48.8 Å². The minimum absolute atomic E-state index is 0.250. The molecular weight excluding hydrogens is 746 g/mol. The molecule has 8 rings (SSSR count). The molecule has 1 amide bonds. The number of amides is 1. The van der Waals surface area contributed by atoms with Gasteiger partial charge in [-0.2, -0.15) is 0 Å². The topological polar surface area (TPSA) is 120 Å². The smallest absolute Gasteiger partial charge is 0.265 e. The predicted octanol–water partition coefficient (Wildman–Crippen LogP) is 8.78. The first-order valence-corrected chi connectivity index (χ1v) is 20.8. The number of carbonyl (C=O) groups is 1. The molecule has 3 aromatic heterocycles. The third-order valence-corrected chi connectivity index (χ3v) is 12.4. The van der Waals surface area contributed by atoms with Crippen LogP contribution in [-0.2, 0) is 9.47 Å². The molecule has 0 unspecified atom stereocenters. The Morgan fingerprint density at radius 3 is 2.64 bits per heavy atom. The van der Waals surface area contributed by atoms with Gasteiger partial charge in [0.1, 0.15) is 23.0 Å². The molecule has 11 nitrogen and oxygen atoms in total. The largest absolute Gasteiger partial charge is 0.455 e. The molecule has 1 spiro atoms. The first-order chi connectivity index (χ1) is 27.4.